The number of hydrogen-bond donors (Lipinski definition) is 2. The van der Waals surface area contributed by atoms with Crippen molar-refractivity contribution in [3.8, 4) is 0 Å². The van der Waals surface area contributed by atoms with Gasteiger partial charge in [0.05, 0.1) is 24.5 Å². The van der Waals surface area contributed by atoms with E-state index < -0.39 is 17.8 Å². The molecule has 0 aliphatic carbocycles. The Kier molecular flexibility index (Phi) is 7.25. The number of alkyl halides is 1. The van der Waals surface area contributed by atoms with Gasteiger partial charge in [-0.05, 0) is 32.9 Å². The predicted octanol–water partition coefficient (Wildman–Crippen LogP) is 2.24. The molecule has 0 bridgehead atoms. The quantitative estimate of drug-likeness (QED) is 0.746. The smallest absolute Gasteiger partial charge is 0.410 e. The zero-order chi connectivity index (χ0) is 16.8. The van der Waals surface area contributed by atoms with Gasteiger partial charge in [-0.25, -0.2) is 4.79 Å². The van der Waals surface area contributed by atoms with Crippen LogP contribution in [0.15, 0.2) is 18.2 Å². The number of carbonyl (C=O) groups is 1. The minimum absolute atomic E-state index is 0.00815. The Balaban J connectivity index is 2.78. The summed E-state index contributed by atoms with van der Waals surface area (Å²) in [4.78, 5) is 17.7. The van der Waals surface area contributed by atoms with Crippen LogP contribution in [0, 0.1) is 0 Å². The van der Waals surface area contributed by atoms with E-state index in [1.807, 2.05) is 6.07 Å². The fourth-order valence-electron chi connectivity index (χ4n) is 1.76. The van der Waals surface area contributed by atoms with Crippen molar-refractivity contribution in [2.24, 2.45) is 0 Å². The van der Waals surface area contributed by atoms with Crippen LogP contribution in [0.25, 0.3) is 0 Å². The molecule has 0 aliphatic heterocycles. The fourth-order valence-corrected chi connectivity index (χ4v) is 2.08. The molecule has 1 aromatic heterocycles. The van der Waals surface area contributed by atoms with E-state index in [0.717, 1.165) is 5.69 Å². The molecule has 0 aliphatic rings. The Morgan fingerprint density at radius 2 is 2.14 bits per heavy atom. The maximum Gasteiger partial charge on any atom is 0.410 e. The van der Waals surface area contributed by atoms with Crippen molar-refractivity contribution < 1.29 is 19.7 Å². The third kappa shape index (κ3) is 6.29. The highest BCUT2D eigenvalue weighted by Gasteiger charge is 2.24. The number of aliphatic hydroxyl groups is 2. The van der Waals surface area contributed by atoms with Crippen LogP contribution in [0.1, 0.15) is 38.3 Å². The number of rotatable bonds is 6. The highest BCUT2D eigenvalue weighted by atomic mass is 79.9. The summed E-state index contributed by atoms with van der Waals surface area (Å²) in [6.45, 7) is 5.18. The highest BCUT2D eigenvalue weighted by molar-refractivity contribution is 9.08. The molecule has 6 nitrogen and oxygen atoms in total. The monoisotopic (exact) mass is 374 g/mol. The zero-order valence-corrected chi connectivity index (χ0v) is 14.7. The molecule has 0 radical (unpaired) electrons. The summed E-state index contributed by atoms with van der Waals surface area (Å²) >= 11 is 3.31. The number of hydrogen-bond acceptors (Lipinski definition) is 5. The van der Waals surface area contributed by atoms with Gasteiger partial charge in [-0.15, -0.1) is 0 Å². The molecular formula is C15H23BrN2O4. The molecule has 0 aromatic carbocycles. The molecule has 0 saturated heterocycles. The summed E-state index contributed by atoms with van der Waals surface area (Å²) < 4.78 is 5.27. The van der Waals surface area contributed by atoms with Gasteiger partial charge in [0.15, 0.2) is 0 Å². The molecule has 1 aromatic rings. The molecule has 0 saturated carbocycles. The lowest BCUT2D eigenvalue weighted by molar-refractivity contribution is 0.0105. The molecule has 1 rings (SSSR count). The summed E-state index contributed by atoms with van der Waals surface area (Å²) in [5.41, 5.74) is 0.634. The van der Waals surface area contributed by atoms with Gasteiger partial charge >= 0.3 is 6.09 Å². The molecule has 1 amide bonds. The first-order valence-corrected chi connectivity index (χ1v) is 8.17. The van der Waals surface area contributed by atoms with Gasteiger partial charge in [-0.3, -0.25) is 4.98 Å². The van der Waals surface area contributed by atoms with E-state index in [0.29, 0.717) is 11.0 Å². The highest BCUT2D eigenvalue weighted by Crippen LogP contribution is 2.16. The van der Waals surface area contributed by atoms with Crippen LogP contribution in [0.2, 0.25) is 0 Å². The first kappa shape index (κ1) is 18.9. The second-order valence-electron chi connectivity index (χ2n) is 5.85. The summed E-state index contributed by atoms with van der Waals surface area (Å²) in [7, 11) is 0. The van der Waals surface area contributed by atoms with E-state index in [1.165, 1.54) is 4.90 Å². The molecule has 0 fully saturated rings. The van der Waals surface area contributed by atoms with Gasteiger partial charge in [0.2, 0.25) is 0 Å². The van der Waals surface area contributed by atoms with Gasteiger partial charge < -0.3 is 19.8 Å². The average Bonchev–Trinajstić information content (AvgIpc) is 2.45. The summed E-state index contributed by atoms with van der Waals surface area (Å²) in [6.07, 6.45) is -1.52. The Morgan fingerprint density at radius 3 is 2.68 bits per heavy atom. The normalized spacial score (nSPS) is 12.8. The van der Waals surface area contributed by atoms with Crippen LogP contribution >= 0.6 is 15.9 Å². The number of amides is 1. The maximum absolute atomic E-state index is 12.1. The van der Waals surface area contributed by atoms with Crippen LogP contribution in [0.5, 0.6) is 0 Å². The van der Waals surface area contributed by atoms with Crippen LogP contribution in [0.4, 0.5) is 4.79 Å². The van der Waals surface area contributed by atoms with Crippen molar-refractivity contribution in [3.05, 3.63) is 29.6 Å². The topological polar surface area (TPSA) is 82.9 Å². The molecule has 1 heterocycles. The van der Waals surface area contributed by atoms with Crippen LogP contribution < -0.4 is 0 Å². The van der Waals surface area contributed by atoms with Crippen molar-refractivity contribution in [2.75, 3.05) is 19.7 Å². The van der Waals surface area contributed by atoms with Gasteiger partial charge in [0.1, 0.15) is 11.7 Å². The summed E-state index contributed by atoms with van der Waals surface area (Å²) in [6, 6.07) is 5.33. The first-order chi connectivity index (χ1) is 10.3. The van der Waals surface area contributed by atoms with Crippen molar-refractivity contribution in [1.29, 1.82) is 0 Å². The van der Waals surface area contributed by atoms with Crippen molar-refractivity contribution >= 4 is 22.0 Å². The number of aromatic nitrogens is 1. The number of aliphatic hydroxyl groups excluding tert-OH is 2. The Hall–Kier alpha value is -1.18. The van der Waals surface area contributed by atoms with E-state index in [9.17, 15) is 9.90 Å². The third-order valence-corrected chi connectivity index (χ3v) is 3.30. The third-order valence-electron chi connectivity index (χ3n) is 2.72. The predicted molar refractivity (Wildman–Crippen MR) is 86.7 cm³/mol. The SMILES string of the molecule is CC(C)(C)OC(=O)N(CCO)CC(O)c1cccc(CBr)n1. The molecule has 1 unspecified atom stereocenters. The zero-order valence-electron chi connectivity index (χ0n) is 13.1. The Bertz CT molecular complexity index is 491. The molecule has 7 heteroatoms. The standard InChI is InChI=1S/C15H23BrN2O4/c1-15(2,3)22-14(21)18(7-8-19)10-13(20)12-6-4-5-11(9-16)17-12/h4-6,13,19-20H,7-10H2,1-3H3. The second-order valence-corrected chi connectivity index (χ2v) is 6.41. The van der Waals surface area contributed by atoms with Crippen molar-refractivity contribution in [2.45, 2.75) is 37.8 Å². The Labute approximate surface area is 139 Å². The lowest BCUT2D eigenvalue weighted by Crippen LogP contribution is -2.40. The van der Waals surface area contributed by atoms with E-state index in [1.54, 1.807) is 32.9 Å². The Morgan fingerprint density at radius 1 is 1.45 bits per heavy atom. The number of nitrogens with zero attached hydrogens (tertiary/aromatic N) is 2. The van der Waals surface area contributed by atoms with Crippen molar-refractivity contribution in [3.63, 3.8) is 0 Å². The number of halogens is 1. The van der Waals surface area contributed by atoms with Crippen molar-refractivity contribution in [1.82, 2.24) is 9.88 Å². The molecule has 22 heavy (non-hydrogen) atoms. The summed E-state index contributed by atoms with van der Waals surface area (Å²) in [5, 5.41) is 20.0. The largest absolute Gasteiger partial charge is 0.444 e. The lowest BCUT2D eigenvalue weighted by atomic mass is 10.2. The van der Waals surface area contributed by atoms with Crippen LogP contribution in [-0.2, 0) is 10.1 Å². The van der Waals surface area contributed by atoms with E-state index in [2.05, 4.69) is 20.9 Å². The minimum atomic E-state index is -0.946. The maximum atomic E-state index is 12.1. The fraction of sp³-hybridized carbons (Fsp3) is 0.600. The van der Waals surface area contributed by atoms with Crippen LogP contribution in [0.3, 0.4) is 0 Å². The van der Waals surface area contributed by atoms with Gasteiger partial charge in [0.25, 0.3) is 0 Å². The molecular weight excluding hydrogens is 352 g/mol. The second kappa shape index (κ2) is 8.45. The van der Waals surface area contributed by atoms with Gasteiger partial charge in [-0.1, -0.05) is 22.0 Å². The number of pyridine rings is 1. The van der Waals surface area contributed by atoms with Crippen LogP contribution in [-0.4, -0.2) is 51.5 Å². The molecule has 0 spiro atoms. The number of carbonyl (C=O) groups excluding carboxylic acids is 1. The van der Waals surface area contributed by atoms with E-state index >= 15 is 0 Å². The van der Waals surface area contributed by atoms with Gasteiger partial charge in [-0.2, -0.15) is 0 Å². The summed E-state index contributed by atoms with van der Waals surface area (Å²) in [5.74, 6) is 0. The average molecular weight is 375 g/mol. The first-order valence-electron chi connectivity index (χ1n) is 7.05. The molecule has 1 atom stereocenters. The van der Waals surface area contributed by atoms with Gasteiger partial charge in [0, 0.05) is 11.9 Å². The lowest BCUT2D eigenvalue weighted by Gasteiger charge is -2.28. The number of ether oxygens (including phenoxy) is 1. The minimum Gasteiger partial charge on any atom is -0.444 e. The van der Waals surface area contributed by atoms with E-state index in [4.69, 9.17) is 9.84 Å². The molecule has 2 N–H and O–H groups in total. The molecule has 124 valence electrons. The van der Waals surface area contributed by atoms with E-state index in [-0.39, 0.29) is 19.7 Å².